The number of hydrogen-bond acceptors (Lipinski definition) is 4. The Morgan fingerprint density at radius 2 is 1.48 bits per heavy atom. The predicted molar refractivity (Wildman–Crippen MR) is 126 cm³/mol. The Balaban J connectivity index is 0.00000272. The molecular weight excluding hydrogens is 410 g/mol. The smallest absolute Gasteiger partial charge is 0.128 e. The number of benzene rings is 3. The summed E-state index contributed by atoms with van der Waals surface area (Å²) in [6.45, 7) is 3.95. The number of rotatable bonds is 7. The molecule has 5 heteroatoms. The van der Waals surface area contributed by atoms with Gasteiger partial charge in [0.1, 0.15) is 23.7 Å². The van der Waals surface area contributed by atoms with E-state index in [9.17, 15) is 0 Å². The lowest BCUT2D eigenvalue weighted by Gasteiger charge is -2.33. The molecule has 1 aliphatic heterocycles. The monoisotopic (exact) mass is 439 g/mol. The van der Waals surface area contributed by atoms with Crippen molar-refractivity contribution in [1.29, 1.82) is 0 Å². The van der Waals surface area contributed by atoms with E-state index in [-0.39, 0.29) is 12.4 Å². The van der Waals surface area contributed by atoms with Crippen LogP contribution in [-0.4, -0.2) is 38.3 Å². The van der Waals surface area contributed by atoms with Crippen molar-refractivity contribution in [2.45, 2.75) is 18.6 Å². The summed E-state index contributed by atoms with van der Waals surface area (Å²) in [5.74, 6) is 1.64. The molecule has 164 valence electrons. The highest BCUT2D eigenvalue weighted by Crippen LogP contribution is 2.33. The molecule has 1 unspecified atom stereocenters. The summed E-state index contributed by atoms with van der Waals surface area (Å²) in [6.07, 6.45) is 0.875. The molecule has 3 aromatic carbocycles. The van der Waals surface area contributed by atoms with Gasteiger partial charge < -0.3 is 14.2 Å². The van der Waals surface area contributed by atoms with Gasteiger partial charge in [0.15, 0.2) is 0 Å². The van der Waals surface area contributed by atoms with Gasteiger partial charge in [-0.15, -0.1) is 12.4 Å². The minimum Gasteiger partial charge on any atom is -0.497 e. The van der Waals surface area contributed by atoms with Crippen LogP contribution in [0, 0.1) is 0 Å². The molecule has 0 N–H and O–H groups in total. The Morgan fingerprint density at radius 3 is 2.16 bits per heavy atom. The number of halogens is 1. The van der Waals surface area contributed by atoms with Crippen LogP contribution in [0.1, 0.15) is 17.5 Å². The van der Waals surface area contributed by atoms with Gasteiger partial charge in [0.2, 0.25) is 0 Å². The molecule has 1 heterocycles. The second-order valence-electron chi connectivity index (χ2n) is 7.68. The van der Waals surface area contributed by atoms with Gasteiger partial charge in [-0.3, -0.25) is 4.90 Å². The van der Waals surface area contributed by atoms with Crippen molar-refractivity contribution in [3.05, 3.63) is 96.1 Å². The lowest BCUT2D eigenvalue weighted by atomic mass is 9.90. The van der Waals surface area contributed by atoms with Gasteiger partial charge in [0, 0.05) is 19.6 Å². The maximum Gasteiger partial charge on any atom is 0.128 e. The van der Waals surface area contributed by atoms with E-state index in [0.717, 1.165) is 37.6 Å². The van der Waals surface area contributed by atoms with E-state index in [1.807, 2.05) is 30.3 Å². The highest BCUT2D eigenvalue weighted by molar-refractivity contribution is 5.85. The molecule has 0 spiro atoms. The van der Waals surface area contributed by atoms with Gasteiger partial charge in [0.05, 0.1) is 13.7 Å². The Morgan fingerprint density at radius 1 is 0.839 bits per heavy atom. The van der Waals surface area contributed by atoms with Gasteiger partial charge in [0.25, 0.3) is 0 Å². The number of nitrogens with zero attached hydrogens (tertiary/aromatic N) is 1. The molecule has 4 rings (SSSR count). The Bertz CT molecular complexity index is 905. The van der Waals surface area contributed by atoms with E-state index in [2.05, 4.69) is 59.5 Å². The second-order valence-corrected chi connectivity index (χ2v) is 7.68. The molecule has 1 aliphatic rings. The van der Waals surface area contributed by atoms with E-state index in [0.29, 0.717) is 13.2 Å². The van der Waals surface area contributed by atoms with Crippen molar-refractivity contribution < 1.29 is 14.2 Å². The van der Waals surface area contributed by atoms with Crippen molar-refractivity contribution in [1.82, 2.24) is 4.90 Å². The third-order valence-electron chi connectivity index (χ3n) is 5.70. The summed E-state index contributed by atoms with van der Waals surface area (Å²) in [5.41, 5.74) is 2.03. The van der Waals surface area contributed by atoms with Crippen LogP contribution in [0.4, 0.5) is 0 Å². The second kappa shape index (κ2) is 11.2. The lowest BCUT2D eigenvalue weighted by molar-refractivity contribution is -0.0726. The van der Waals surface area contributed by atoms with Crippen molar-refractivity contribution in [2.75, 3.05) is 33.4 Å². The standard InChI is InChI=1S/C26H29NO3.ClH/c1-28-24-12-14-25(15-13-24)29-21-26(23-10-6-3-7-11-23)16-17-27(18-19-30-26)20-22-8-4-2-5-9-22;/h2-15H,16-21H2,1H3;1H. The quantitative estimate of drug-likeness (QED) is 0.499. The van der Waals surface area contributed by atoms with Crippen LogP contribution in [0.3, 0.4) is 0 Å². The first-order chi connectivity index (χ1) is 14.8. The van der Waals surface area contributed by atoms with E-state index in [4.69, 9.17) is 14.2 Å². The minimum atomic E-state index is -0.466. The third kappa shape index (κ3) is 6.01. The van der Waals surface area contributed by atoms with Crippen LogP contribution in [-0.2, 0) is 16.9 Å². The van der Waals surface area contributed by atoms with Gasteiger partial charge in [-0.2, -0.15) is 0 Å². The zero-order valence-corrected chi connectivity index (χ0v) is 18.7. The van der Waals surface area contributed by atoms with Crippen LogP contribution in [0.5, 0.6) is 11.5 Å². The van der Waals surface area contributed by atoms with Gasteiger partial charge in [-0.1, -0.05) is 60.7 Å². The van der Waals surface area contributed by atoms with Crippen LogP contribution in [0.25, 0.3) is 0 Å². The third-order valence-corrected chi connectivity index (χ3v) is 5.70. The Labute approximate surface area is 191 Å². The zero-order chi connectivity index (χ0) is 20.7. The summed E-state index contributed by atoms with van der Waals surface area (Å²) in [6, 6.07) is 28.8. The molecule has 4 nitrogen and oxygen atoms in total. The van der Waals surface area contributed by atoms with Gasteiger partial charge >= 0.3 is 0 Å². The molecule has 0 saturated carbocycles. The summed E-state index contributed by atoms with van der Waals surface area (Å²) >= 11 is 0. The lowest BCUT2D eigenvalue weighted by Crippen LogP contribution is -2.37. The average Bonchev–Trinajstić information content (AvgIpc) is 3.02. The Hall–Kier alpha value is -2.53. The fourth-order valence-corrected chi connectivity index (χ4v) is 3.93. The fourth-order valence-electron chi connectivity index (χ4n) is 3.93. The SMILES string of the molecule is COc1ccc(OCC2(c3ccccc3)CCN(Cc3ccccc3)CCO2)cc1.Cl. The summed E-state index contributed by atoms with van der Waals surface area (Å²) in [4.78, 5) is 2.47. The maximum absolute atomic E-state index is 6.52. The predicted octanol–water partition coefficient (Wildman–Crippen LogP) is 5.31. The highest BCUT2D eigenvalue weighted by Gasteiger charge is 2.36. The molecule has 1 fully saturated rings. The van der Waals surface area contributed by atoms with Gasteiger partial charge in [-0.05, 0) is 41.8 Å². The first-order valence-corrected chi connectivity index (χ1v) is 10.5. The van der Waals surface area contributed by atoms with E-state index >= 15 is 0 Å². The van der Waals surface area contributed by atoms with E-state index < -0.39 is 5.60 Å². The fraction of sp³-hybridized carbons (Fsp3) is 0.308. The summed E-state index contributed by atoms with van der Waals surface area (Å²) in [7, 11) is 1.67. The zero-order valence-electron chi connectivity index (χ0n) is 17.9. The first-order valence-electron chi connectivity index (χ1n) is 10.5. The number of hydrogen-bond donors (Lipinski definition) is 0. The summed E-state index contributed by atoms with van der Waals surface area (Å²) in [5, 5.41) is 0. The minimum absolute atomic E-state index is 0. The number of ether oxygens (including phenoxy) is 3. The molecule has 1 atom stereocenters. The molecule has 31 heavy (non-hydrogen) atoms. The van der Waals surface area contributed by atoms with Crippen molar-refractivity contribution in [3.8, 4) is 11.5 Å². The van der Waals surface area contributed by atoms with Gasteiger partial charge in [-0.25, -0.2) is 0 Å². The molecule has 1 saturated heterocycles. The molecule has 0 bridgehead atoms. The van der Waals surface area contributed by atoms with Crippen molar-refractivity contribution in [2.24, 2.45) is 0 Å². The highest BCUT2D eigenvalue weighted by atomic mass is 35.5. The van der Waals surface area contributed by atoms with E-state index in [1.54, 1.807) is 7.11 Å². The van der Waals surface area contributed by atoms with Crippen LogP contribution >= 0.6 is 12.4 Å². The molecule has 0 amide bonds. The average molecular weight is 440 g/mol. The molecule has 0 aliphatic carbocycles. The first kappa shape index (κ1) is 23.1. The van der Waals surface area contributed by atoms with Crippen molar-refractivity contribution >= 4 is 12.4 Å². The largest absolute Gasteiger partial charge is 0.497 e. The maximum atomic E-state index is 6.52. The molecular formula is C26H30ClNO3. The molecule has 3 aromatic rings. The van der Waals surface area contributed by atoms with Crippen molar-refractivity contribution in [3.63, 3.8) is 0 Å². The normalized spacial score (nSPS) is 19.1. The van der Waals surface area contributed by atoms with Crippen LogP contribution in [0.2, 0.25) is 0 Å². The topological polar surface area (TPSA) is 30.9 Å². The van der Waals surface area contributed by atoms with E-state index in [1.165, 1.54) is 11.1 Å². The molecule has 0 aromatic heterocycles. The summed E-state index contributed by atoms with van der Waals surface area (Å²) < 4.78 is 18.0. The molecule has 0 radical (unpaired) electrons. The van der Waals surface area contributed by atoms with Crippen LogP contribution < -0.4 is 9.47 Å². The number of methoxy groups -OCH3 is 1. The Kier molecular flexibility index (Phi) is 8.35. The van der Waals surface area contributed by atoms with Crippen LogP contribution in [0.15, 0.2) is 84.9 Å².